The summed E-state index contributed by atoms with van der Waals surface area (Å²) >= 11 is 0. The molecular weight excluding hydrogens is 590 g/mol. The molecule has 1 aromatic heterocycles. The van der Waals surface area contributed by atoms with Crippen LogP contribution < -0.4 is 10.1 Å². The van der Waals surface area contributed by atoms with Gasteiger partial charge in [-0.3, -0.25) is 5.32 Å². The van der Waals surface area contributed by atoms with Gasteiger partial charge in [0.15, 0.2) is 0 Å². The molecule has 1 fully saturated rings. The van der Waals surface area contributed by atoms with Gasteiger partial charge in [-0.1, -0.05) is 23.4 Å². The minimum absolute atomic E-state index is 0.00242. The monoisotopic (exact) mass is 619 g/mol. The molecule has 44 heavy (non-hydrogen) atoms. The Balaban J connectivity index is 1.52. The molecule has 234 valence electrons. The first-order valence-electron chi connectivity index (χ1n) is 13.4. The van der Waals surface area contributed by atoms with Crippen LogP contribution in [0.3, 0.4) is 0 Å². The van der Waals surface area contributed by atoms with Crippen molar-refractivity contribution in [3.63, 3.8) is 0 Å². The van der Waals surface area contributed by atoms with Crippen molar-refractivity contribution in [2.45, 2.75) is 51.4 Å². The second-order valence-electron chi connectivity index (χ2n) is 10.6. The lowest BCUT2D eigenvalue weighted by Gasteiger charge is -2.26. The van der Waals surface area contributed by atoms with E-state index in [-0.39, 0.29) is 36.4 Å². The minimum Gasteiger partial charge on any atom is -0.489 e. The first-order valence-corrected chi connectivity index (χ1v) is 13.4. The fourth-order valence-electron chi connectivity index (χ4n) is 4.33. The van der Waals surface area contributed by atoms with Crippen LogP contribution in [-0.4, -0.2) is 57.0 Å². The van der Waals surface area contributed by atoms with E-state index in [0.29, 0.717) is 18.4 Å². The number of amides is 2. The Bertz CT molecular complexity index is 1550. The Labute approximate surface area is 249 Å². The molecule has 0 unspecified atom stereocenters. The molecule has 4 rings (SSSR count). The first kappa shape index (κ1) is 32.0. The van der Waals surface area contributed by atoms with Gasteiger partial charge < -0.3 is 24.0 Å². The largest absolute Gasteiger partial charge is 0.489 e. The maximum Gasteiger partial charge on any atom is 0.434 e. The number of halogens is 4. The number of nitrogens with zero attached hydrogens (tertiary/aromatic N) is 4. The van der Waals surface area contributed by atoms with Crippen molar-refractivity contribution >= 4 is 24.2 Å². The highest BCUT2D eigenvalue weighted by Crippen LogP contribution is 2.39. The molecule has 0 radical (unpaired) electrons. The molecule has 2 heterocycles. The third-order valence-corrected chi connectivity index (χ3v) is 6.12. The highest BCUT2D eigenvalue weighted by atomic mass is 19.4. The van der Waals surface area contributed by atoms with Crippen molar-refractivity contribution in [1.29, 1.82) is 0 Å². The number of rotatable bonds is 6. The zero-order chi connectivity index (χ0) is 32.1. The lowest BCUT2D eigenvalue weighted by atomic mass is 10.1. The van der Waals surface area contributed by atoms with Crippen LogP contribution in [0.15, 0.2) is 58.1 Å². The van der Waals surface area contributed by atoms with Crippen LogP contribution in [0, 0.1) is 5.82 Å². The van der Waals surface area contributed by atoms with Crippen molar-refractivity contribution in [1.82, 2.24) is 20.4 Å². The van der Waals surface area contributed by atoms with Crippen molar-refractivity contribution in [2.75, 3.05) is 13.2 Å². The van der Waals surface area contributed by atoms with Crippen LogP contribution in [0.5, 0.6) is 5.75 Å². The number of carbonyl (C=O) groups is 2. The second kappa shape index (κ2) is 13.1. The van der Waals surface area contributed by atoms with Crippen LogP contribution >= 0.6 is 0 Å². The molecule has 11 nitrogen and oxygen atoms in total. The van der Waals surface area contributed by atoms with Crippen molar-refractivity contribution in [3.8, 4) is 17.1 Å². The number of aliphatic imine (C=N–C) groups is 1. The number of hydrogen-bond donors (Lipinski definition) is 2. The smallest absolute Gasteiger partial charge is 0.434 e. The Hall–Kier alpha value is -4.95. The molecule has 1 saturated heterocycles. The van der Waals surface area contributed by atoms with Crippen LogP contribution in [0.2, 0.25) is 0 Å². The fraction of sp³-hybridized carbons (Fsp3) is 0.345. The van der Waals surface area contributed by atoms with Gasteiger partial charge in [0.25, 0.3) is 0 Å². The minimum atomic E-state index is -4.77. The number of aromatic nitrogens is 2. The number of benzene rings is 2. The number of carbonyl (C=O) groups excluding carboxylic acids is 1. The molecule has 3 aromatic rings. The van der Waals surface area contributed by atoms with Gasteiger partial charge in [-0.25, -0.2) is 14.0 Å². The van der Waals surface area contributed by atoms with Gasteiger partial charge in [0.05, 0.1) is 5.56 Å². The molecular formula is C29H29F4N5O6. The zero-order valence-electron chi connectivity index (χ0n) is 23.9. The molecule has 2 amide bonds. The Kier molecular flexibility index (Phi) is 9.55. The molecule has 0 bridgehead atoms. The Morgan fingerprint density at radius 3 is 2.57 bits per heavy atom. The summed E-state index contributed by atoms with van der Waals surface area (Å²) in [5.74, 6) is -1.30. The lowest BCUT2D eigenvalue weighted by Crippen LogP contribution is -2.46. The topological polar surface area (TPSA) is 139 Å². The van der Waals surface area contributed by atoms with E-state index in [1.54, 1.807) is 26.8 Å². The molecule has 0 spiro atoms. The number of nitrogens with one attached hydrogen (secondary N) is 1. The van der Waals surface area contributed by atoms with E-state index in [4.69, 9.17) is 14.0 Å². The van der Waals surface area contributed by atoms with E-state index >= 15 is 0 Å². The first-order chi connectivity index (χ1) is 20.7. The van der Waals surface area contributed by atoms with Crippen LogP contribution in [0.25, 0.3) is 17.5 Å². The summed E-state index contributed by atoms with van der Waals surface area (Å²) in [5, 5.41) is 15.4. The number of hydrogen-bond acceptors (Lipinski definition) is 7. The van der Waals surface area contributed by atoms with E-state index in [2.05, 4.69) is 20.4 Å². The highest BCUT2D eigenvalue weighted by Gasteiger charge is 2.37. The van der Waals surface area contributed by atoms with E-state index in [0.717, 1.165) is 12.1 Å². The van der Waals surface area contributed by atoms with Crippen LogP contribution in [0.1, 0.15) is 56.7 Å². The summed E-state index contributed by atoms with van der Waals surface area (Å²) in [6.07, 6.45) is -3.23. The van der Waals surface area contributed by atoms with Crippen molar-refractivity contribution in [2.24, 2.45) is 4.99 Å². The molecule has 15 heteroatoms. The number of ether oxygens (including phenoxy) is 2. The molecule has 1 aliphatic heterocycles. The van der Waals surface area contributed by atoms with Crippen LogP contribution in [-0.2, 0) is 10.9 Å². The third-order valence-electron chi connectivity index (χ3n) is 6.12. The van der Waals surface area contributed by atoms with Gasteiger partial charge >= 0.3 is 18.4 Å². The fourth-order valence-corrected chi connectivity index (χ4v) is 4.33. The molecule has 1 atom stereocenters. The molecule has 2 N–H and O–H groups in total. The predicted octanol–water partition coefficient (Wildman–Crippen LogP) is 6.68. The number of carboxylic acid groups (broad SMARTS) is 1. The average Bonchev–Trinajstić information content (AvgIpc) is 3.60. The highest BCUT2D eigenvalue weighted by molar-refractivity contribution is 5.98. The van der Waals surface area contributed by atoms with Gasteiger partial charge in [0, 0.05) is 12.1 Å². The number of alkyl carbamates (subject to hydrolysis) is 1. The molecule has 2 aromatic carbocycles. The average molecular weight is 620 g/mol. The summed E-state index contributed by atoms with van der Waals surface area (Å²) in [5.41, 5.74) is -1.27. The normalized spacial score (nSPS) is 15.9. The number of alkyl halides is 3. The molecule has 0 aliphatic carbocycles. The predicted molar refractivity (Wildman–Crippen MR) is 149 cm³/mol. The second-order valence-corrected chi connectivity index (χ2v) is 10.6. The molecule has 1 aliphatic rings. The number of guanidine groups is 1. The van der Waals surface area contributed by atoms with Crippen molar-refractivity contribution in [3.05, 3.63) is 71.4 Å². The van der Waals surface area contributed by atoms with Crippen LogP contribution in [0.4, 0.5) is 27.2 Å². The van der Waals surface area contributed by atoms with Gasteiger partial charge in [0.2, 0.25) is 17.7 Å². The Morgan fingerprint density at radius 1 is 1.18 bits per heavy atom. The van der Waals surface area contributed by atoms with E-state index < -0.39 is 47.1 Å². The standard InChI is InChI=1S/C29H29F4N5O6/c1-28(2,3)43-27(41)36-25(35-26(39)40)38-14-4-7-21(38)24-34-23(37-44-24)18-10-13-22(20(16-18)29(31,32)33)42-15-5-6-17-8-11-19(30)12-9-17/h5-6,8-13,16,21H,4,7,14-15H2,1-3H3,(H,39,40)(H,35,36,41)/b6-5+/t21-/m0/s1. The van der Waals surface area contributed by atoms with Gasteiger partial charge in [-0.2, -0.15) is 18.2 Å². The van der Waals surface area contributed by atoms with Gasteiger partial charge in [0.1, 0.15) is 29.8 Å². The summed E-state index contributed by atoms with van der Waals surface area (Å²) in [7, 11) is 0. The van der Waals surface area contributed by atoms with E-state index in [9.17, 15) is 32.3 Å². The third kappa shape index (κ3) is 8.55. The number of likely N-dealkylation sites (tertiary alicyclic amines) is 1. The molecule has 0 saturated carbocycles. The lowest BCUT2D eigenvalue weighted by molar-refractivity contribution is -0.138. The van der Waals surface area contributed by atoms with E-state index in [1.165, 1.54) is 41.3 Å². The summed E-state index contributed by atoms with van der Waals surface area (Å²) in [4.78, 5) is 32.9. The van der Waals surface area contributed by atoms with E-state index in [1.807, 2.05) is 0 Å². The maximum absolute atomic E-state index is 13.9. The van der Waals surface area contributed by atoms with Gasteiger partial charge in [-0.05, 0) is 75.6 Å². The zero-order valence-corrected chi connectivity index (χ0v) is 23.9. The SMILES string of the molecule is CC(C)(C)OC(=O)NC(=NC(=O)O)N1CCC[C@H]1c1nc(-c2ccc(OC/C=C/c3ccc(F)cc3)c(C(F)(F)F)c2)no1. The Morgan fingerprint density at radius 2 is 1.91 bits per heavy atom. The van der Waals surface area contributed by atoms with Gasteiger partial charge in [-0.15, -0.1) is 4.99 Å². The quantitative estimate of drug-likeness (QED) is 0.176. The maximum atomic E-state index is 13.9. The van der Waals surface area contributed by atoms with Crippen molar-refractivity contribution < 1.29 is 46.3 Å². The summed E-state index contributed by atoms with van der Waals surface area (Å²) in [6, 6.07) is 8.16. The summed E-state index contributed by atoms with van der Waals surface area (Å²) < 4.78 is 70.8. The summed E-state index contributed by atoms with van der Waals surface area (Å²) in [6.45, 7) is 4.99.